The summed E-state index contributed by atoms with van der Waals surface area (Å²) in [5, 5.41) is 22.1. The number of nitrogens with zero attached hydrogens (tertiary/aromatic N) is 3. The highest BCUT2D eigenvalue weighted by atomic mass is 16.5. The van der Waals surface area contributed by atoms with Crippen molar-refractivity contribution in [3.63, 3.8) is 0 Å². The quantitative estimate of drug-likeness (QED) is 0.111. The minimum Gasteiger partial charge on any atom is -0.361 e. The molecule has 4 aromatic rings. The van der Waals surface area contributed by atoms with Crippen LogP contribution in [0.25, 0.3) is 22.3 Å². The number of aryl methyl sites for hydroxylation is 4. The average molecular weight is 792 g/mol. The Balaban J connectivity index is 0.000000177. The average Bonchev–Trinajstić information content (AvgIpc) is 3.91. The Morgan fingerprint density at radius 1 is 0.690 bits per heavy atom. The number of hydrogen-bond acceptors (Lipinski definition) is 9. The molecule has 11 heteroatoms. The van der Waals surface area contributed by atoms with Crippen molar-refractivity contribution in [3.05, 3.63) is 70.4 Å². The topological polar surface area (TPSA) is 138 Å². The van der Waals surface area contributed by atoms with E-state index in [1.54, 1.807) is 0 Å². The maximum Gasteiger partial charge on any atom is 0.249 e. The molecule has 2 aromatic heterocycles. The number of benzene rings is 2. The van der Waals surface area contributed by atoms with E-state index in [2.05, 4.69) is 88.7 Å². The maximum atomic E-state index is 13.5. The van der Waals surface area contributed by atoms with E-state index in [0.29, 0.717) is 17.8 Å². The zero-order valence-electron chi connectivity index (χ0n) is 36.1. The third kappa shape index (κ3) is 7.89. The van der Waals surface area contributed by atoms with Gasteiger partial charge in [0.2, 0.25) is 11.8 Å². The zero-order valence-corrected chi connectivity index (χ0v) is 36.1. The number of likely N-dealkylation sites (N-methyl/N-ethyl adjacent to an activating group) is 1. The van der Waals surface area contributed by atoms with Crippen LogP contribution in [-0.2, 0) is 20.7 Å². The van der Waals surface area contributed by atoms with E-state index in [1.165, 1.54) is 38.5 Å². The standard InChI is InChI=1S/C24H33N3O2.C23H32N4O2/c1-15(2)12-13-25-24(19-8-6-5-7-9-19)20-14-18(10-11-21(20)26-23(24)28)22-16(3)27-29-17(22)4;1-15-21(16(2)29-26-15)17-10-11-20-19(14-17)23(22(28)25-20,24-12-13-27(3)4)18-8-6-5-7-9-18/h10-11,14-15,19,25H,5-9,12-13H2,1-4H3,(H,26,28);10-11,14,18,24H,5-9,12-13H2,1-4H3,(H,25,28). The Labute approximate surface area is 344 Å². The molecule has 0 spiro atoms. The smallest absolute Gasteiger partial charge is 0.249 e. The van der Waals surface area contributed by atoms with E-state index in [0.717, 1.165) is 119 Å². The molecule has 0 radical (unpaired) electrons. The highest BCUT2D eigenvalue weighted by Gasteiger charge is 2.53. The van der Waals surface area contributed by atoms with Crippen LogP contribution in [0.4, 0.5) is 11.4 Å². The van der Waals surface area contributed by atoms with Gasteiger partial charge in [-0.15, -0.1) is 0 Å². The lowest BCUT2D eigenvalue weighted by Gasteiger charge is -2.39. The molecule has 312 valence electrons. The summed E-state index contributed by atoms with van der Waals surface area (Å²) in [7, 11) is 4.13. The highest BCUT2D eigenvalue weighted by molar-refractivity contribution is 6.07. The summed E-state index contributed by atoms with van der Waals surface area (Å²) in [5.74, 6) is 3.06. The van der Waals surface area contributed by atoms with Crippen LogP contribution in [0.15, 0.2) is 45.4 Å². The number of fused-ring (bicyclic) bond motifs is 2. The van der Waals surface area contributed by atoms with Crippen LogP contribution in [0.2, 0.25) is 0 Å². The van der Waals surface area contributed by atoms with Crippen LogP contribution >= 0.6 is 0 Å². The van der Waals surface area contributed by atoms with E-state index in [1.807, 2.05) is 39.8 Å². The third-order valence-corrected chi connectivity index (χ3v) is 13.3. The van der Waals surface area contributed by atoms with Crippen LogP contribution in [0.1, 0.15) is 119 Å². The lowest BCUT2D eigenvalue weighted by molar-refractivity contribution is -0.125. The molecule has 2 amide bonds. The molecule has 2 aromatic carbocycles. The molecule has 2 unspecified atom stereocenters. The van der Waals surface area contributed by atoms with E-state index in [4.69, 9.17) is 9.05 Å². The maximum absolute atomic E-state index is 13.5. The molecule has 58 heavy (non-hydrogen) atoms. The van der Waals surface area contributed by atoms with Gasteiger partial charge in [-0.3, -0.25) is 20.2 Å². The van der Waals surface area contributed by atoms with Crippen molar-refractivity contribution in [2.45, 2.75) is 123 Å². The molecule has 4 aliphatic rings. The molecule has 2 aliphatic heterocycles. The Kier molecular flexibility index (Phi) is 12.6. The van der Waals surface area contributed by atoms with Crippen molar-refractivity contribution in [2.24, 2.45) is 17.8 Å². The number of rotatable bonds is 12. The lowest BCUT2D eigenvalue weighted by atomic mass is 9.71. The summed E-state index contributed by atoms with van der Waals surface area (Å²) < 4.78 is 10.8. The fourth-order valence-electron chi connectivity index (χ4n) is 10.3. The Morgan fingerprint density at radius 3 is 1.50 bits per heavy atom. The summed E-state index contributed by atoms with van der Waals surface area (Å²) in [6.07, 6.45) is 12.7. The van der Waals surface area contributed by atoms with Gasteiger partial charge in [0.05, 0.1) is 11.4 Å². The second-order valence-electron chi connectivity index (χ2n) is 18.0. The normalized spacial score (nSPS) is 22.2. The van der Waals surface area contributed by atoms with Crippen LogP contribution in [-0.4, -0.2) is 60.8 Å². The Hall–Kier alpha value is -4.32. The third-order valence-electron chi connectivity index (χ3n) is 13.3. The molecule has 2 fully saturated rings. The van der Waals surface area contributed by atoms with E-state index in [-0.39, 0.29) is 11.8 Å². The first-order valence-electron chi connectivity index (χ1n) is 21.8. The summed E-state index contributed by atoms with van der Waals surface area (Å²) >= 11 is 0. The van der Waals surface area contributed by atoms with Crippen LogP contribution < -0.4 is 21.3 Å². The fraction of sp³-hybridized carbons (Fsp3) is 0.574. The predicted octanol–water partition coefficient (Wildman–Crippen LogP) is 9.16. The van der Waals surface area contributed by atoms with Crippen molar-refractivity contribution in [2.75, 3.05) is 44.4 Å². The SMILES string of the molecule is Cc1noc(C)c1-c1ccc2c(c1)C(NCCC(C)C)(C1CCCCC1)C(=O)N2.Cc1noc(C)c1-c1ccc2c(c1)C(NCCN(C)C)(C1CCCCC1)C(=O)N2. The second kappa shape index (κ2) is 17.5. The second-order valence-corrected chi connectivity index (χ2v) is 18.0. The number of nitrogens with one attached hydrogen (secondary N) is 4. The fourth-order valence-corrected chi connectivity index (χ4v) is 10.3. The summed E-state index contributed by atoms with van der Waals surface area (Å²) in [4.78, 5) is 29.0. The molecule has 4 heterocycles. The first-order valence-corrected chi connectivity index (χ1v) is 21.8. The number of amides is 2. The first kappa shape index (κ1) is 41.8. The molecule has 8 rings (SSSR count). The minimum atomic E-state index is -0.666. The van der Waals surface area contributed by atoms with Gasteiger partial charge in [-0.25, -0.2) is 0 Å². The van der Waals surface area contributed by atoms with Gasteiger partial charge >= 0.3 is 0 Å². The van der Waals surface area contributed by atoms with Gasteiger partial charge in [0.1, 0.15) is 22.6 Å². The number of hydrogen-bond donors (Lipinski definition) is 4. The van der Waals surface area contributed by atoms with Crippen LogP contribution in [0.3, 0.4) is 0 Å². The predicted molar refractivity (Wildman–Crippen MR) is 231 cm³/mol. The summed E-state index contributed by atoms with van der Waals surface area (Å²) in [6, 6.07) is 12.6. The van der Waals surface area contributed by atoms with Gasteiger partial charge in [0.15, 0.2) is 0 Å². The van der Waals surface area contributed by atoms with Gasteiger partial charge in [-0.2, -0.15) is 0 Å². The minimum absolute atomic E-state index is 0.0917. The molecule has 2 atom stereocenters. The van der Waals surface area contributed by atoms with Crippen LogP contribution in [0, 0.1) is 45.4 Å². The van der Waals surface area contributed by atoms with Gasteiger partial charge in [-0.1, -0.05) is 74.8 Å². The van der Waals surface area contributed by atoms with Gasteiger partial charge in [-0.05, 0) is 134 Å². The van der Waals surface area contributed by atoms with Crippen molar-refractivity contribution in [1.29, 1.82) is 0 Å². The molecule has 2 aliphatic carbocycles. The Bertz CT molecular complexity index is 1900. The number of carbonyl (C=O) groups excluding carboxylic acids is 2. The molecular formula is C47H65N7O4. The van der Waals surface area contributed by atoms with Crippen molar-refractivity contribution < 1.29 is 18.6 Å². The van der Waals surface area contributed by atoms with E-state index < -0.39 is 11.1 Å². The van der Waals surface area contributed by atoms with Gasteiger partial charge < -0.3 is 24.6 Å². The first-order chi connectivity index (χ1) is 27.9. The van der Waals surface area contributed by atoms with Gasteiger partial charge in [0.25, 0.3) is 0 Å². The van der Waals surface area contributed by atoms with E-state index >= 15 is 0 Å². The summed E-state index contributed by atoms with van der Waals surface area (Å²) in [5.41, 5.74) is 8.68. The molecule has 4 N–H and O–H groups in total. The number of aromatic nitrogens is 2. The zero-order chi connectivity index (χ0) is 41.2. The number of carbonyl (C=O) groups is 2. The van der Waals surface area contributed by atoms with Gasteiger partial charge in [0, 0.05) is 46.7 Å². The Morgan fingerprint density at radius 2 is 1.12 bits per heavy atom. The monoisotopic (exact) mass is 792 g/mol. The molecular weight excluding hydrogens is 727 g/mol. The lowest BCUT2D eigenvalue weighted by Crippen LogP contribution is -2.55. The molecule has 0 saturated heterocycles. The van der Waals surface area contributed by atoms with E-state index in [9.17, 15) is 9.59 Å². The number of anilines is 2. The molecule has 11 nitrogen and oxygen atoms in total. The molecule has 2 saturated carbocycles. The largest absolute Gasteiger partial charge is 0.361 e. The van der Waals surface area contributed by atoms with Crippen LogP contribution in [0.5, 0.6) is 0 Å². The summed E-state index contributed by atoms with van der Waals surface area (Å²) in [6.45, 7) is 14.8. The molecule has 0 bridgehead atoms. The highest BCUT2D eigenvalue weighted by Crippen LogP contribution is 2.49. The van der Waals surface area contributed by atoms with Crippen molar-refractivity contribution in [3.8, 4) is 22.3 Å². The van der Waals surface area contributed by atoms with Crippen molar-refractivity contribution >= 4 is 23.2 Å². The van der Waals surface area contributed by atoms with Crippen molar-refractivity contribution in [1.82, 2.24) is 25.8 Å².